The zero-order chi connectivity index (χ0) is 9.98. The number of benzene rings is 1. The van der Waals surface area contributed by atoms with Crippen LogP contribution in [-0.2, 0) is 19.5 Å². The Bertz CT molecular complexity index is 170. The molecular weight excluding hydrogens is 195 g/mol. The Morgan fingerprint density at radius 2 is 1.58 bits per heavy atom. The van der Waals surface area contributed by atoms with Crippen molar-refractivity contribution >= 4 is 0 Å². The van der Waals surface area contributed by atoms with Gasteiger partial charge < -0.3 is 6.58 Å². The van der Waals surface area contributed by atoms with Crippen LogP contribution in [0.2, 0.25) is 0 Å². The Labute approximate surface area is 82.3 Å². The summed E-state index contributed by atoms with van der Waals surface area (Å²) >= 11 is 2.31. The maximum atomic E-state index is 7.94. The molecule has 1 aromatic carbocycles. The summed E-state index contributed by atoms with van der Waals surface area (Å²) in [6, 6.07) is 8.13. The van der Waals surface area contributed by atoms with Crippen LogP contribution in [0.15, 0.2) is 30.8 Å². The fourth-order valence-corrected chi connectivity index (χ4v) is 0.588. The van der Waals surface area contributed by atoms with Crippen LogP contribution in [0, 0.1) is 20.4 Å². The van der Waals surface area contributed by atoms with E-state index in [0.717, 1.165) is 5.56 Å². The Morgan fingerprint density at radius 3 is 1.83 bits per heavy atom. The topological polar surface area (TPSA) is 17.1 Å². The Kier molecular flexibility index (Phi) is 11.6. The molecule has 0 aliphatic carbocycles. The summed E-state index contributed by atoms with van der Waals surface area (Å²) in [4.78, 5) is 0. The van der Waals surface area contributed by atoms with E-state index in [2.05, 4.69) is 54.8 Å². The number of hydrogen-bond donors (Lipinski definition) is 0. The summed E-state index contributed by atoms with van der Waals surface area (Å²) in [7, 11) is 0. The van der Waals surface area contributed by atoms with Gasteiger partial charge in [-0.1, -0.05) is 5.56 Å². The summed E-state index contributed by atoms with van der Waals surface area (Å²) in [5.41, 5.74) is 2.37. The molecule has 2 heteroatoms. The van der Waals surface area contributed by atoms with Gasteiger partial charge in [0.05, 0.1) is 0 Å². The molecule has 0 unspecified atom stereocenters. The van der Waals surface area contributed by atoms with Crippen molar-refractivity contribution in [3.63, 3.8) is 0 Å². The Morgan fingerprint density at radius 1 is 1.25 bits per heavy atom. The minimum absolute atomic E-state index is 1.08. The van der Waals surface area contributed by atoms with E-state index in [1.807, 2.05) is 12.1 Å². The summed E-state index contributed by atoms with van der Waals surface area (Å²) in [5, 5.41) is 0. The zero-order valence-electron chi connectivity index (χ0n) is 7.04. The predicted octanol–water partition coefficient (Wildman–Crippen LogP) is 2.66. The van der Waals surface area contributed by atoms with Gasteiger partial charge in [0, 0.05) is 0 Å². The molecule has 0 fully saturated rings. The van der Waals surface area contributed by atoms with Crippen LogP contribution in [0.5, 0.6) is 0 Å². The van der Waals surface area contributed by atoms with Gasteiger partial charge >= 0.3 is 19.5 Å². The van der Waals surface area contributed by atoms with Crippen LogP contribution in [-0.4, -0.2) is 0 Å². The fraction of sp³-hybridized carbons (Fsp3) is 0.100. The van der Waals surface area contributed by atoms with Gasteiger partial charge in [-0.3, -0.25) is 6.58 Å². The Hall–Kier alpha value is -0.864. The van der Waals surface area contributed by atoms with Crippen LogP contribution in [0.3, 0.4) is 0 Å². The van der Waals surface area contributed by atoms with Gasteiger partial charge in [0.2, 0.25) is 0 Å². The van der Waals surface area contributed by atoms with Crippen molar-refractivity contribution in [2.24, 2.45) is 0 Å². The van der Waals surface area contributed by atoms with Crippen molar-refractivity contribution in [1.29, 1.82) is 0 Å². The quantitative estimate of drug-likeness (QED) is 0.597. The van der Waals surface area contributed by atoms with Crippen molar-refractivity contribution in [1.82, 2.24) is 0 Å². The zero-order valence-corrected chi connectivity index (χ0v) is 8.08. The average molecular weight is 207 g/mol. The molecule has 1 rings (SSSR count). The second-order valence-electron chi connectivity index (χ2n) is 1.99. The van der Waals surface area contributed by atoms with Gasteiger partial charge in [0.1, 0.15) is 0 Å². The number of hydrogen-bond acceptors (Lipinski definition) is 1. The van der Waals surface area contributed by atoms with Crippen molar-refractivity contribution < 1.29 is 19.5 Å². The minimum atomic E-state index is 1.08. The molecule has 0 aliphatic heterocycles. The predicted molar refractivity (Wildman–Crippen MR) is 46.3 cm³/mol. The molecule has 0 amide bonds. The standard InChI is InChI=1S/C8H9.C2H3.Co.O/c1-7-3-5-8(2)6-4-7;1-2;;/h3-6H,1H2,2H3;1H,2H2;;/q2*-1;;. The summed E-state index contributed by atoms with van der Waals surface area (Å²) in [6.07, 6.45) is 0. The molecule has 0 atom stereocenters. The van der Waals surface area contributed by atoms with E-state index in [1.165, 1.54) is 5.56 Å². The average Bonchev–Trinajstić information content (AvgIpc) is 2.17. The molecule has 0 spiro atoms. The van der Waals surface area contributed by atoms with E-state index >= 15 is 0 Å². The van der Waals surface area contributed by atoms with E-state index in [9.17, 15) is 0 Å². The van der Waals surface area contributed by atoms with Crippen LogP contribution in [0.25, 0.3) is 0 Å². The van der Waals surface area contributed by atoms with Gasteiger partial charge in [-0.05, 0) is 6.92 Å². The third-order valence-electron chi connectivity index (χ3n) is 1.12. The van der Waals surface area contributed by atoms with Crippen molar-refractivity contribution in [3.8, 4) is 0 Å². The van der Waals surface area contributed by atoms with E-state index < -0.39 is 0 Å². The van der Waals surface area contributed by atoms with E-state index in [1.54, 1.807) is 0 Å². The maximum absolute atomic E-state index is 7.94. The van der Waals surface area contributed by atoms with Gasteiger partial charge in [0.15, 0.2) is 0 Å². The Balaban J connectivity index is 0. The molecule has 0 saturated carbocycles. The molecule has 0 heterocycles. The molecule has 0 bridgehead atoms. The van der Waals surface area contributed by atoms with Crippen LogP contribution >= 0.6 is 0 Å². The molecule has 0 radical (unpaired) electrons. The van der Waals surface area contributed by atoms with Gasteiger partial charge in [-0.2, -0.15) is 24.6 Å². The monoisotopic (exact) mass is 207 g/mol. The number of rotatable bonds is 0. The van der Waals surface area contributed by atoms with Gasteiger partial charge in [-0.15, -0.1) is 12.1 Å². The van der Waals surface area contributed by atoms with Crippen LogP contribution in [0.4, 0.5) is 0 Å². The normalized spacial score (nSPS) is 6.83. The van der Waals surface area contributed by atoms with E-state index in [-0.39, 0.29) is 0 Å². The first-order chi connectivity index (χ1) is 5.79. The van der Waals surface area contributed by atoms with Gasteiger partial charge in [0.25, 0.3) is 0 Å². The van der Waals surface area contributed by atoms with E-state index in [4.69, 9.17) is 3.87 Å². The molecule has 69 valence electrons. The molecule has 0 aliphatic rings. The van der Waals surface area contributed by atoms with Crippen LogP contribution in [0.1, 0.15) is 11.1 Å². The first kappa shape index (κ1) is 13.7. The summed E-state index contributed by atoms with van der Waals surface area (Å²) in [6.45, 7) is 12.8. The van der Waals surface area contributed by atoms with Crippen LogP contribution < -0.4 is 0 Å². The van der Waals surface area contributed by atoms with Gasteiger partial charge in [-0.25, -0.2) is 0 Å². The molecule has 0 N–H and O–H groups in total. The molecule has 0 saturated heterocycles. The first-order valence-corrected chi connectivity index (χ1v) is 3.64. The molecule has 1 nitrogen and oxygen atoms in total. The third-order valence-corrected chi connectivity index (χ3v) is 1.12. The first-order valence-electron chi connectivity index (χ1n) is 3.22. The number of aryl methyl sites for hydroxylation is 1. The molecule has 12 heavy (non-hydrogen) atoms. The second-order valence-corrected chi connectivity index (χ2v) is 1.99. The fourth-order valence-electron chi connectivity index (χ4n) is 0.588. The summed E-state index contributed by atoms with van der Waals surface area (Å²) < 4.78 is 7.94. The third kappa shape index (κ3) is 7.25. The molecular formula is C10H12CoO-2. The van der Waals surface area contributed by atoms with Crippen molar-refractivity contribution in [3.05, 3.63) is 55.5 Å². The van der Waals surface area contributed by atoms with Crippen molar-refractivity contribution in [2.45, 2.75) is 6.92 Å². The molecule has 1 aromatic rings. The SMILES string of the molecule is [CH-]=C.[CH2-]c1ccc(C)cc1.[O]=[Co]. The summed E-state index contributed by atoms with van der Waals surface area (Å²) in [5.74, 6) is 0. The van der Waals surface area contributed by atoms with E-state index in [0.29, 0.717) is 0 Å². The molecule has 0 aromatic heterocycles. The second kappa shape index (κ2) is 10.1. The van der Waals surface area contributed by atoms with Crippen molar-refractivity contribution in [2.75, 3.05) is 0 Å².